The van der Waals surface area contributed by atoms with Gasteiger partial charge < -0.3 is 9.80 Å². The summed E-state index contributed by atoms with van der Waals surface area (Å²) in [6.45, 7) is 0.940. The Bertz CT molecular complexity index is 490. The Hall–Kier alpha value is -1.91. The van der Waals surface area contributed by atoms with Gasteiger partial charge in [0.2, 0.25) is 11.8 Å². The van der Waals surface area contributed by atoms with E-state index in [4.69, 9.17) is 0 Å². The van der Waals surface area contributed by atoms with Gasteiger partial charge in [-0.3, -0.25) is 9.59 Å². The Morgan fingerprint density at radius 3 is 2.79 bits per heavy atom. The van der Waals surface area contributed by atoms with E-state index >= 15 is 0 Å². The molecule has 0 saturated carbocycles. The van der Waals surface area contributed by atoms with Crippen molar-refractivity contribution < 1.29 is 14.0 Å². The summed E-state index contributed by atoms with van der Waals surface area (Å²) in [4.78, 5) is 26.4. The summed E-state index contributed by atoms with van der Waals surface area (Å²) in [7, 11) is 1.62. The Kier molecular flexibility index (Phi) is 4.14. The molecule has 0 atom stereocenters. The third kappa shape index (κ3) is 3.30. The van der Waals surface area contributed by atoms with Crippen LogP contribution in [0.15, 0.2) is 24.3 Å². The molecule has 0 aliphatic carbocycles. The highest BCUT2D eigenvalue weighted by atomic mass is 19.1. The van der Waals surface area contributed by atoms with Gasteiger partial charge in [0.05, 0.1) is 6.54 Å². The molecule has 19 heavy (non-hydrogen) atoms. The molecule has 102 valence electrons. The van der Waals surface area contributed by atoms with Crippen molar-refractivity contribution in [3.8, 4) is 0 Å². The first-order valence-corrected chi connectivity index (χ1v) is 6.33. The van der Waals surface area contributed by atoms with E-state index in [0.29, 0.717) is 18.5 Å². The van der Waals surface area contributed by atoms with E-state index < -0.39 is 0 Å². The van der Waals surface area contributed by atoms with Crippen LogP contribution in [0.1, 0.15) is 18.4 Å². The van der Waals surface area contributed by atoms with Crippen molar-refractivity contribution >= 4 is 11.8 Å². The molecule has 0 aromatic heterocycles. The fraction of sp³-hybridized carbons (Fsp3) is 0.429. The molecule has 2 amide bonds. The lowest BCUT2D eigenvalue weighted by molar-refractivity contribution is -0.137. The molecule has 1 saturated heterocycles. The quantitative estimate of drug-likeness (QED) is 0.825. The number of carbonyl (C=O) groups is 2. The minimum Gasteiger partial charge on any atom is -0.340 e. The number of rotatable bonds is 4. The SMILES string of the molecule is CN(Cc1ccccc1F)C(=O)CN1CCCC1=O. The van der Waals surface area contributed by atoms with Crippen molar-refractivity contribution in [2.75, 3.05) is 20.1 Å². The fourth-order valence-corrected chi connectivity index (χ4v) is 2.13. The number of likely N-dealkylation sites (N-methyl/N-ethyl adjacent to an activating group) is 1. The zero-order valence-electron chi connectivity index (χ0n) is 10.9. The maximum absolute atomic E-state index is 13.5. The third-order valence-electron chi connectivity index (χ3n) is 3.29. The van der Waals surface area contributed by atoms with Gasteiger partial charge in [0.1, 0.15) is 5.82 Å². The first-order valence-electron chi connectivity index (χ1n) is 6.33. The molecule has 1 aliphatic rings. The molecule has 0 radical (unpaired) electrons. The van der Waals surface area contributed by atoms with Crippen LogP contribution in [0.2, 0.25) is 0 Å². The average molecular weight is 264 g/mol. The molecule has 2 rings (SSSR count). The summed E-state index contributed by atoms with van der Waals surface area (Å²) >= 11 is 0. The molecule has 5 heteroatoms. The molecule has 0 unspecified atom stereocenters. The maximum Gasteiger partial charge on any atom is 0.242 e. The van der Waals surface area contributed by atoms with Crippen LogP contribution in [0.4, 0.5) is 4.39 Å². The van der Waals surface area contributed by atoms with Crippen LogP contribution >= 0.6 is 0 Å². The lowest BCUT2D eigenvalue weighted by Gasteiger charge is -2.21. The van der Waals surface area contributed by atoms with Crippen LogP contribution in [0.3, 0.4) is 0 Å². The number of likely N-dealkylation sites (tertiary alicyclic amines) is 1. The van der Waals surface area contributed by atoms with Gasteiger partial charge in [-0.1, -0.05) is 18.2 Å². The minimum absolute atomic E-state index is 0.0210. The van der Waals surface area contributed by atoms with Gasteiger partial charge in [-0.15, -0.1) is 0 Å². The topological polar surface area (TPSA) is 40.6 Å². The number of nitrogens with zero attached hydrogens (tertiary/aromatic N) is 2. The van der Waals surface area contributed by atoms with Crippen LogP contribution in [0.25, 0.3) is 0 Å². The lowest BCUT2D eigenvalue weighted by atomic mass is 10.2. The largest absolute Gasteiger partial charge is 0.340 e. The highest BCUT2D eigenvalue weighted by molar-refractivity contribution is 5.85. The van der Waals surface area contributed by atoms with E-state index in [2.05, 4.69) is 0 Å². The van der Waals surface area contributed by atoms with E-state index in [-0.39, 0.29) is 30.7 Å². The monoisotopic (exact) mass is 264 g/mol. The molecule has 1 aliphatic heterocycles. The molecule has 4 nitrogen and oxygen atoms in total. The second-order valence-corrected chi connectivity index (χ2v) is 4.76. The predicted molar refractivity (Wildman–Crippen MR) is 68.7 cm³/mol. The van der Waals surface area contributed by atoms with Gasteiger partial charge in [-0.25, -0.2) is 4.39 Å². The Morgan fingerprint density at radius 2 is 2.16 bits per heavy atom. The minimum atomic E-state index is -0.320. The molecular formula is C14H17FN2O2. The van der Waals surface area contributed by atoms with E-state index in [1.165, 1.54) is 11.0 Å². The van der Waals surface area contributed by atoms with E-state index in [1.54, 1.807) is 30.1 Å². The molecule has 0 bridgehead atoms. The van der Waals surface area contributed by atoms with Crippen LogP contribution in [0, 0.1) is 5.82 Å². The van der Waals surface area contributed by atoms with Gasteiger partial charge in [0, 0.05) is 32.1 Å². The van der Waals surface area contributed by atoms with Gasteiger partial charge in [-0.05, 0) is 12.5 Å². The standard InChI is InChI=1S/C14H17FN2O2/c1-16(9-11-5-2-3-6-12(11)15)14(19)10-17-8-4-7-13(17)18/h2-3,5-6H,4,7-10H2,1H3. The number of amides is 2. The fourth-order valence-electron chi connectivity index (χ4n) is 2.13. The summed E-state index contributed by atoms with van der Waals surface area (Å²) in [6, 6.07) is 6.38. The number of carbonyl (C=O) groups excluding carboxylic acids is 2. The second-order valence-electron chi connectivity index (χ2n) is 4.76. The van der Waals surface area contributed by atoms with Crippen molar-refractivity contribution in [1.29, 1.82) is 0 Å². The zero-order chi connectivity index (χ0) is 13.8. The normalized spacial score (nSPS) is 14.8. The molecule has 0 spiro atoms. The van der Waals surface area contributed by atoms with E-state index in [1.807, 2.05) is 0 Å². The Labute approximate surface area is 111 Å². The lowest BCUT2D eigenvalue weighted by Crippen LogP contribution is -2.38. The number of hydrogen-bond acceptors (Lipinski definition) is 2. The van der Waals surface area contributed by atoms with Gasteiger partial charge in [0.15, 0.2) is 0 Å². The summed E-state index contributed by atoms with van der Waals surface area (Å²) in [5.41, 5.74) is 0.478. The molecular weight excluding hydrogens is 247 g/mol. The predicted octanol–water partition coefficient (Wildman–Crippen LogP) is 1.41. The summed E-state index contributed by atoms with van der Waals surface area (Å²) in [6.07, 6.45) is 1.33. The molecule has 0 N–H and O–H groups in total. The first kappa shape index (κ1) is 13.5. The molecule has 1 heterocycles. The maximum atomic E-state index is 13.5. The average Bonchev–Trinajstić information content (AvgIpc) is 2.78. The first-order chi connectivity index (χ1) is 9.08. The zero-order valence-corrected chi connectivity index (χ0v) is 10.9. The van der Waals surface area contributed by atoms with Gasteiger partial charge >= 0.3 is 0 Å². The highest BCUT2D eigenvalue weighted by Gasteiger charge is 2.23. The summed E-state index contributed by atoms with van der Waals surface area (Å²) in [5, 5.41) is 0. The molecule has 1 fully saturated rings. The molecule has 1 aromatic rings. The second kappa shape index (κ2) is 5.82. The van der Waals surface area contributed by atoms with Crippen LogP contribution in [-0.4, -0.2) is 41.8 Å². The number of hydrogen-bond donors (Lipinski definition) is 0. The highest BCUT2D eigenvalue weighted by Crippen LogP contribution is 2.12. The molecule has 1 aromatic carbocycles. The number of halogens is 1. The van der Waals surface area contributed by atoms with Crippen molar-refractivity contribution in [2.24, 2.45) is 0 Å². The van der Waals surface area contributed by atoms with Crippen molar-refractivity contribution in [2.45, 2.75) is 19.4 Å². The Balaban J connectivity index is 1.92. The Morgan fingerprint density at radius 1 is 1.42 bits per heavy atom. The van der Waals surface area contributed by atoms with Gasteiger partial charge in [0.25, 0.3) is 0 Å². The number of benzene rings is 1. The summed E-state index contributed by atoms with van der Waals surface area (Å²) in [5.74, 6) is -0.467. The van der Waals surface area contributed by atoms with Crippen LogP contribution < -0.4 is 0 Å². The van der Waals surface area contributed by atoms with Crippen LogP contribution in [-0.2, 0) is 16.1 Å². The van der Waals surface area contributed by atoms with E-state index in [0.717, 1.165) is 6.42 Å². The van der Waals surface area contributed by atoms with Crippen molar-refractivity contribution in [1.82, 2.24) is 9.80 Å². The van der Waals surface area contributed by atoms with Crippen molar-refractivity contribution in [3.63, 3.8) is 0 Å². The van der Waals surface area contributed by atoms with E-state index in [9.17, 15) is 14.0 Å². The van der Waals surface area contributed by atoms with Gasteiger partial charge in [-0.2, -0.15) is 0 Å². The third-order valence-corrected chi connectivity index (χ3v) is 3.29. The smallest absolute Gasteiger partial charge is 0.242 e. The van der Waals surface area contributed by atoms with Crippen molar-refractivity contribution in [3.05, 3.63) is 35.6 Å². The van der Waals surface area contributed by atoms with Crippen LogP contribution in [0.5, 0.6) is 0 Å². The summed E-state index contributed by atoms with van der Waals surface area (Å²) < 4.78 is 13.5.